The van der Waals surface area contributed by atoms with E-state index in [9.17, 15) is 4.79 Å². The molecule has 3 aromatic heterocycles. The minimum atomic E-state index is -0.302. The van der Waals surface area contributed by atoms with Crippen molar-refractivity contribution in [3.63, 3.8) is 0 Å². The first-order chi connectivity index (χ1) is 9.83. The van der Waals surface area contributed by atoms with Crippen LogP contribution >= 0.6 is 0 Å². The van der Waals surface area contributed by atoms with Crippen molar-refractivity contribution in [1.29, 1.82) is 0 Å². The van der Waals surface area contributed by atoms with Crippen LogP contribution in [0.3, 0.4) is 0 Å². The molecule has 7 heteroatoms. The van der Waals surface area contributed by atoms with Gasteiger partial charge in [0.2, 0.25) is 0 Å². The zero-order valence-electron chi connectivity index (χ0n) is 10.3. The molecule has 0 aliphatic carbocycles. The predicted molar refractivity (Wildman–Crippen MR) is 74.0 cm³/mol. The third kappa shape index (κ3) is 2.51. The number of aromatic nitrogens is 6. The Labute approximate surface area is 112 Å². The standard InChI is InChI=1S/C8H6N2O.C5H4N4/c11-8-9-5-6-3-1-2-4-7(6)10-8;1-4-5(8-2-6-1)9-3-7-4/h1-5H,(H,9,10,11);1-3H,(H,6,7,8,9). The smallest absolute Gasteiger partial charge is 0.342 e. The quantitative estimate of drug-likeness (QED) is 0.499. The summed E-state index contributed by atoms with van der Waals surface area (Å²) in [4.78, 5) is 31.4. The van der Waals surface area contributed by atoms with Gasteiger partial charge in [0.25, 0.3) is 0 Å². The fourth-order valence-electron chi connectivity index (χ4n) is 1.69. The lowest BCUT2D eigenvalue weighted by Crippen LogP contribution is -2.07. The molecule has 4 rings (SSSR count). The van der Waals surface area contributed by atoms with Gasteiger partial charge >= 0.3 is 5.69 Å². The third-order valence-electron chi connectivity index (χ3n) is 2.62. The Balaban J connectivity index is 0.000000123. The van der Waals surface area contributed by atoms with E-state index >= 15 is 0 Å². The molecule has 0 spiro atoms. The maximum absolute atomic E-state index is 10.7. The van der Waals surface area contributed by atoms with Crippen LogP contribution in [-0.2, 0) is 0 Å². The van der Waals surface area contributed by atoms with Crippen LogP contribution in [0.5, 0.6) is 0 Å². The van der Waals surface area contributed by atoms with E-state index < -0.39 is 0 Å². The van der Waals surface area contributed by atoms with E-state index in [0.717, 1.165) is 16.4 Å². The second-order valence-corrected chi connectivity index (χ2v) is 3.94. The van der Waals surface area contributed by atoms with E-state index in [1.165, 1.54) is 6.33 Å². The van der Waals surface area contributed by atoms with Gasteiger partial charge in [-0.25, -0.2) is 24.7 Å². The van der Waals surface area contributed by atoms with Gasteiger partial charge in [0.05, 0.1) is 18.0 Å². The van der Waals surface area contributed by atoms with Gasteiger partial charge in [-0.2, -0.15) is 0 Å². The van der Waals surface area contributed by atoms with Crippen molar-refractivity contribution < 1.29 is 0 Å². The molecule has 98 valence electrons. The number of benzene rings is 1. The summed E-state index contributed by atoms with van der Waals surface area (Å²) in [5, 5.41) is 0.951. The van der Waals surface area contributed by atoms with E-state index in [-0.39, 0.29) is 5.69 Å². The average molecular weight is 266 g/mol. The van der Waals surface area contributed by atoms with Crippen LogP contribution in [0.1, 0.15) is 0 Å². The molecule has 0 unspecified atom stereocenters. The lowest BCUT2D eigenvalue weighted by Gasteiger charge is -1.92. The summed E-state index contributed by atoms with van der Waals surface area (Å²) >= 11 is 0. The number of hydrogen-bond acceptors (Lipinski definition) is 5. The van der Waals surface area contributed by atoms with Gasteiger partial charge < -0.3 is 9.97 Å². The summed E-state index contributed by atoms with van der Waals surface area (Å²) in [6, 6.07) is 7.53. The SMILES string of the molecule is O=c1ncc2ccccc2[nH]1.c1ncc2[nH]cnc2n1. The van der Waals surface area contributed by atoms with Crippen LogP contribution in [-0.4, -0.2) is 29.9 Å². The van der Waals surface area contributed by atoms with E-state index in [4.69, 9.17) is 0 Å². The zero-order valence-corrected chi connectivity index (χ0v) is 10.3. The highest BCUT2D eigenvalue weighted by Crippen LogP contribution is 2.05. The third-order valence-corrected chi connectivity index (χ3v) is 2.62. The highest BCUT2D eigenvalue weighted by atomic mass is 16.1. The van der Waals surface area contributed by atoms with Crippen LogP contribution in [0.4, 0.5) is 0 Å². The second kappa shape index (κ2) is 5.27. The molecule has 20 heavy (non-hydrogen) atoms. The van der Waals surface area contributed by atoms with Crippen molar-refractivity contribution in [3.8, 4) is 0 Å². The highest BCUT2D eigenvalue weighted by molar-refractivity contribution is 5.76. The number of hydrogen-bond donors (Lipinski definition) is 2. The molecule has 7 nitrogen and oxygen atoms in total. The summed E-state index contributed by atoms with van der Waals surface area (Å²) < 4.78 is 0. The molecule has 2 N–H and O–H groups in total. The van der Waals surface area contributed by atoms with Crippen LogP contribution < -0.4 is 5.69 Å². The van der Waals surface area contributed by atoms with Gasteiger partial charge in [0.15, 0.2) is 5.65 Å². The van der Waals surface area contributed by atoms with Crippen LogP contribution in [0.2, 0.25) is 0 Å². The molecule has 0 aliphatic heterocycles. The average Bonchev–Trinajstić information content (AvgIpc) is 2.96. The van der Waals surface area contributed by atoms with E-state index in [1.807, 2.05) is 24.3 Å². The predicted octanol–water partition coefficient (Wildman–Crippen LogP) is 1.28. The van der Waals surface area contributed by atoms with Crippen LogP contribution in [0.25, 0.3) is 22.1 Å². The summed E-state index contributed by atoms with van der Waals surface area (Å²) in [5.41, 5.74) is 2.11. The number of rotatable bonds is 0. The van der Waals surface area contributed by atoms with Gasteiger partial charge in [0.1, 0.15) is 11.8 Å². The fourth-order valence-corrected chi connectivity index (χ4v) is 1.69. The highest BCUT2D eigenvalue weighted by Gasteiger charge is 1.91. The van der Waals surface area contributed by atoms with E-state index in [1.54, 1.807) is 18.7 Å². The number of nitrogens with zero attached hydrogens (tertiary/aromatic N) is 4. The second-order valence-electron chi connectivity index (χ2n) is 3.94. The molecule has 0 saturated heterocycles. The molecular formula is C13H10N6O. The Morgan fingerprint density at radius 3 is 2.75 bits per heavy atom. The van der Waals surface area contributed by atoms with Gasteiger partial charge in [-0.1, -0.05) is 18.2 Å². The Morgan fingerprint density at radius 1 is 0.950 bits per heavy atom. The lowest BCUT2D eigenvalue weighted by atomic mass is 10.2. The first-order valence-corrected chi connectivity index (χ1v) is 5.86. The number of fused-ring (bicyclic) bond motifs is 2. The summed E-state index contributed by atoms with van der Waals surface area (Å²) in [6.07, 6.45) is 6.33. The summed E-state index contributed by atoms with van der Waals surface area (Å²) in [7, 11) is 0. The van der Waals surface area contributed by atoms with Crippen molar-refractivity contribution in [2.75, 3.05) is 0 Å². The Kier molecular flexibility index (Phi) is 3.15. The number of imidazole rings is 1. The fraction of sp³-hybridized carbons (Fsp3) is 0. The number of nitrogens with one attached hydrogen (secondary N) is 2. The minimum absolute atomic E-state index is 0.302. The first kappa shape index (κ1) is 12.0. The summed E-state index contributed by atoms with van der Waals surface area (Å²) in [6.45, 7) is 0. The van der Waals surface area contributed by atoms with Crippen molar-refractivity contribution in [2.45, 2.75) is 0 Å². The Hall–Kier alpha value is -3.09. The van der Waals surface area contributed by atoms with Gasteiger partial charge in [-0.3, -0.25) is 0 Å². The number of H-pyrrole nitrogens is 2. The van der Waals surface area contributed by atoms with Gasteiger partial charge in [-0.15, -0.1) is 0 Å². The first-order valence-electron chi connectivity index (χ1n) is 5.86. The lowest BCUT2D eigenvalue weighted by molar-refractivity contribution is 1.12. The monoisotopic (exact) mass is 266 g/mol. The van der Waals surface area contributed by atoms with Crippen LogP contribution in [0, 0.1) is 0 Å². The molecule has 0 radical (unpaired) electrons. The van der Waals surface area contributed by atoms with Crippen LogP contribution in [0.15, 0.2) is 54.1 Å². The minimum Gasteiger partial charge on any atom is -0.342 e. The largest absolute Gasteiger partial charge is 0.345 e. The maximum Gasteiger partial charge on any atom is 0.345 e. The molecule has 0 bridgehead atoms. The number of aromatic amines is 2. The van der Waals surface area contributed by atoms with Gasteiger partial charge in [0, 0.05) is 11.6 Å². The molecule has 0 aliphatic rings. The van der Waals surface area contributed by atoms with Crippen molar-refractivity contribution >= 4 is 22.1 Å². The van der Waals surface area contributed by atoms with E-state index in [0.29, 0.717) is 5.65 Å². The summed E-state index contributed by atoms with van der Waals surface area (Å²) in [5.74, 6) is 0. The molecule has 4 aromatic rings. The number of para-hydroxylation sites is 1. The van der Waals surface area contributed by atoms with E-state index in [2.05, 4.69) is 29.9 Å². The zero-order chi connectivity index (χ0) is 13.8. The normalized spacial score (nSPS) is 10.2. The van der Waals surface area contributed by atoms with Gasteiger partial charge in [-0.05, 0) is 6.07 Å². The van der Waals surface area contributed by atoms with Crippen molar-refractivity contribution in [3.05, 3.63) is 59.8 Å². The molecule has 0 saturated carbocycles. The maximum atomic E-state index is 10.7. The van der Waals surface area contributed by atoms with Crippen molar-refractivity contribution in [2.24, 2.45) is 0 Å². The topological polar surface area (TPSA) is 100 Å². The molecule has 1 aromatic carbocycles. The van der Waals surface area contributed by atoms with Crippen molar-refractivity contribution in [1.82, 2.24) is 29.9 Å². The molecule has 0 amide bonds. The Bertz CT molecular complexity index is 867. The molecular weight excluding hydrogens is 256 g/mol. The molecule has 3 heterocycles. The Morgan fingerprint density at radius 2 is 1.85 bits per heavy atom. The molecule has 0 atom stereocenters. The molecule has 0 fully saturated rings.